The van der Waals surface area contributed by atoms with Crippen molar-refractivity contribution in [3.63, 3.8) is 0 Å². The average Bonchev–Trinajstić information content (AvgIpc) is 2.08. The molecule has 0 aromatic carbocycles. The number of nitriles is 1. The molecule has 0 atom stereocenters. The van der Waals surface area contributed by atoms with Gasteiger partial charge >= 0.3 is 0 Å². The fourth-order valence-electron chi connectivity index (χ4n) is 1.79. The first-order chi connectivity index (χ1) is 6.98. The molecule has 0 rings (SSSR count). The highest BCUT2D eigenvalue weighted by Gasteiger charge is 2.17. The SMILES string of the molecule is CN(C)CC(C)(C)CNCCCCC#N. The number of unbranched alkanes of at least 4 members (excludes halogenated alkanes) is 2. The van der Waals surface area contributed by atoms with Gasteiger partial charge in [-0.2, -0.15) is 5.26 Å². The number of hydrogen-bond acceptors (Lipinski definition) is 3. The molecule has 0 amide bonds. The van der Waals surface area contributed by atoms with Crippen LogP contribution in [-0.2, 0) is 0 Å². The normalized spacial score (nSPS) is 11.7. The monoisotopic (exact) mass is 211 g/mol. The van der Waals surface area contributed by atoms with E-state index < -0.39 is 0 Å². The number of nitrogens with one attached hydrogen (secondary N) is 1. The molecule has 88 valence electrons. The summed E-state index contributed by atoms with van der Waals surface area (Å²) in [6.45, 7) is 7.71. The van der Waals surface area contributed by atoms with Gasteiger partial charge in [-0.25, -0.2) is 0 Å². The fourth-order valence-corrected chi connectivity index (χ4v) is 1.79. The zero-order valence-electron chi connectivity index (χ0n) is 10.6. The maximum atomic E-state index is 8.38. The molecule has 0 heterocycles. The van der Waals surface area contributed by atoms with Gasteiger partial charge in [0, 0.05) is 19.5 Å². The van der Waals surface area contributed by atoms with Crippen LogP contribution in [0.2, 0.25) is 0 Å². The summed E-state index contributed by atoms with van der Waals surface area (Å²) in [5, 5.41) is 11.8. The van der Waals surface area contributed by atoms with Crippen LogP contribution in [-0.4, -0.2) is 38.6 Å². The van der Waals surface area contributed by atoms with Crippen LogP contribution in [0.1, 0.15) is 33.1 Å². The van der Waals surface area contributed by atoms with Gasteiger partial charge in [0.1, 0.15) is 0 Å². The van der Waals surface area contributed by atoms with Gasteiger partial charge < -0.3 is 10.2 Å². The molecule has 3 nitrogen and oxygen atoms in total. The van der Waals surface area contributed by atoms with Crippen molar-refractivity contribution < 1.29 is 0 Å². The van der Waals surface area contributed by atoms with Gasteiger partial charge in [-0.05, 0) is 38.9 Å². The highest BCUT2D eigenvalue weighted by Crippen LogP contribution is 2.13. The average molecular weight is 211 g/mol. The van der Waals surface area contributed by atoms with Crippen LogP contribution in [0.4, 0.5) is 0 Å². The van der Waals surface area contributed by atoms with Gasteiger partial charge in [0.15, 0.2) is 0 Å². The van der Waals surface area contributed by atoms with E-state index in [9.17, 15) is 0 Å². The van der Waals surface area contributed by atoms with Gasteiger partial charge in [0.25, 0.3) is 0 Å². The number of rotatable bonds is 8. The second kappa shape index (κ2) is 7.67. The second-order valence-corrected chi connectivity index (χ2v) is 5.19. The Hall–Kier alpha value is -0.590. The van der Waals surface area contributed by atoms with Crippen molar-refractivity contribution in [1.29, 1.82) is 5.26 Å². The molecule has 0 fully saturated rings. The Bertz CT molecular complexity index is 192. The topological polar surface area (TPSA) is 39.1 Å². The summed E-state index contributed by atoms with van der Waals surface area (Å²) in [6.07, 6.45) is 2.80. The van der Waals surface area contributed by atoms with Crippen LogP contribution in [0, 0.1) is 16.7 Å². The first-order valence-corrected chi connectivity index (χ1v) is 5.70. The molecule has 15 heavy (non-hydrogen) atoms. The van der Waals surface area contributed by atoms with Crippen LogP contribution >= 0.6 is 0 Å². The molecule has 0 unspecified atom stereocenters. The molecule has 0 spiro atoms. The zero-order chi connectivity index (χ0) is 11.7. The van der Waals surface area contributed by atoms with Crippen LogP contribution in [0.3, 0.4) is 0 Å². The van der Waals surface area contributed by atoms with E-state index in [-0.39, 0.29) is 0 Å². The molecule has 3 heteroatoms. The number of hydrogen-bond donors (Lipinski definition) is 1. The van der Waals surface area contributed by atoms with Gasteiger partial charge in [-0.15, -0.1) is 0 Å². The van der Waals surface area contributed by atoms with E-state index in [0.29, 0.717) is 11.8 Å². The molecule has 0 saturated carbocycles. The summed E-state index contributed by atoms with van der Waals surface area (Å²) in [7, 11) is 4.21. The molecular weight excluding hydrogens is 186 g/mol. The lowest BCUT2D eigenvalue weighted by Crippen LogP contribution is -2.37. The fraction of sp³-hybridized carbons (Fsp3) is 0.917. The van der Waals surface area contributed by atoms with E-state index in [0.717, 1.165) is 32.5 Å². The molecule has 0 aliphatic carbocycles. The molecule has 0 radical (unpaired) electrons. The van der Waals surface area contributed by atoms with E-state index >= 15 is 0 Å². The largest absolute Gasteiger partial charge is 0.316 e. The Balaban J connectivity index is 3.45. The molecule has 0 aliphatic rings. The summed E-state index contributed by atoms with van der Waals surface area (Å²) in [6, 6.07) is 2.17. The van der Waals surface area contributed by atoms with Crippen molar-refractivity contribution >= 4 is 0 Å². The maximum absolute atomic E-state index is 8.38. The van der Waals surface area contributed by atoms with Gasteiger partial charge in [0.05, 0.1) is 6.07 Å². The summed E-state index contributed by atoms with van der Waals surface area (Å²) in [4.78, 5) is 2.22. The van der Waals surface area contributed by atoms with Crippen molar-refractivity contribution in [3.05, 3.63) is 0 Å². The predicted octanol–water partition coefficient (Wildman–Crippen LogP) is 1.86. The highest BCUT2D eigenvalue weighted by atomic mass is 15.1. The summed E-state index contributed by atoms with van der Waals surface area (Å²) in [5.41, 5.74) is 0.318. The summed E-state index contributed by atoms with van der Waals surface area (Å²) < 4.78 is 0. The smallest absolute Gasteiger partial charge is 0.0621 e. The van der Waals surface area contributed by atoms with Crippen LogP contribution < -0.4 is 5.32 Å². The van der Waals surface area contributed by atoms with E-state index in [2.05, 4.69) is 44.2 Å². The number of nitrogens with zero attached hydrogens (tertiary/aromatic N) is 2. The lowest BCUT2D eigenvalue weighted by atomic mass is 9.93. The third-order valence-electron chi connectivity index (χ3n) is 2.24. The quantitative estimate of drug-likeness (QED) is 0.623. The molecule has 0 aromatic heterocycles. The third kappa shape index (κ3) is 9.71. The molecular formula is C12H25N3. The van der Waals surface area contributed by atoms with Crippen molar-refractivity contribution in [3.8, 4) is 6.07 Å². The van der Waals surface area contributed by atoms with E-state index in [4.69, 9.17) is 5.26 Å². The minimum Gasteiger partial charge on any atom is -0.316 e. The predicted molar refractivity (Wildman–Crippen MR) is 64.7 cm³/mol. The van der Waals surface area contributed by atoms with E-state index in [1.54, 1.807) is 0 Å². The maximum Gasteiger partial charge on any atom is 0.0621 e. The van der Waals surface area contributed by atoms with Gasteiger partial charge in [0.2, 0.25) is 0 Å². The molecule has 1 N–H and O–H groups in total. The Morgan fingerprint density at radius 1 is 1.27 bits per heavy atom. The highest BCUT2D eigenvalue weighted by molar-refractivity contribution is 4.74. The molecule has 0 saturated heterocycles. The summed E-state index contributed by atoms with van der Waals surface area (Å²) in [5.74, 6) is 0. The van der Waals surface area contributed by atoms with Crippen molar-refractivity contribution in [2.45, 2.75) is 33.1 Å². The Kier molecular flexibility index (Phi) is 7.37. The summed E-state index contributed by atoms with van der Waals surface area (Å²) >= 11 is 0. The van der Waals surface area contributed by atoms with Crippen molar-refractivity contribution in [2.75, 3.05) is 33.7 Å². The van der Waals surface area contributed by atoms with Crippen LogP contribution in [0.15, 0.2) is 0 Å². The Morgan fingerprint density at radius 3 is 2.47 bits per heavy atom. The molecule has 0 aliphatic heterocycles. The van der Waals surface area contributed by atoms with Crippen molar-refractivity contribution in [2.24, 2.45) is 5.41 Å². The Labute approximate surface area is 94.5 Å². The second-order valence-electron chi connectivity index (χ2n) is 5.19. The first kappa shape index (κ1) is 14.4. The molecule has 0 bridgehead atoms. The van der Waals surface area contributed by atoms with E-state index in [1.807, 2.05) is 0 Å². The standard InChI is InChI=1S/C12H25N3/c1-12(2,11-15(3)4)10-14-9-7-5-6-8-13/h14H,5-7,9-11H2,1-4H3. The van der Waals surface area contributed by atoms with Gasteiger partial charge in [-0.3, -0.25) is 0 Å². The van der Waals surface area contributed by atoms with E-state index in [1.165, 1.54) is 0 Å². The van der Waals surface area contributed by atoms with Gasteiger partial charge in [-0.1, -0.05) is 13.8 Å². The van der Waals surface area contributed by atoms with Crippen LogP contribution in [0.5, 0.6) is 0 Å². The minimum absolute atomic E-state index is 0.318. The molecule has 0 aromatic rings. The first-order valence-electron chi connectivity index (χ1n) is 5.70. The Morgan fingerprint density at radius 2 is 1.93 bits per heavy atom. The lowest BCUT2D eigenvalue weighted by molar-refractivity contribution is 0.232. The third-order valence-corrected chi connectivity index (χ3v) is 2.24. The minimum atomic E-state index is 0.318. The van der Waals surface area contributed by atoms with Crippen molar-refractivity contribution in [1.82, 2.24) is 10.2 Å². The van der Waals surface area contributed by atoms with Crippen LogP contribution in [0.25, 0.3) is 0 Å². The lowest BCUT2D eigenvalue weighted by Gasteiger charge is -2.28. The zero-order valence-corrected chi connectivity index (χ0v) is 10.6.